The van der Waals surface area contributed by atoms with Gasteiger partial charge in [0.25, 0.3) is 5.91 Å². The van der Waals surface area contributed by atoms with Gasteiger partial charge in [0.15, 0.2) is 0 Å². The zero-order valence-electron chi connectivity index (χ0n) is 11.9. The molecule has 21 heavy (non-hydrogen) atoms. The first kappa shape index (κ1) is 15.3. The number of aromatic nitrogens is 2. The Bertz CT molecular complexity index is 627. The first-order chi connectivity index (χ1) is 10.1. The lowest BCUT2D eigenvalue weighted by molar-refractivity contribution is 0.0947. The smallest absolute Gasteiger partial charge is 0.253 e. The van der Waals surface area contributed by atoms with E-state index in [4.69, 9.17) is 16.0 Å². The summed E-state index contributed by atoms with van der Waals surface area (Å²) in [6.45, 7) is 4.85. The normalized spacial score (nSPS) is 10.4. The van der Waals surface area contributed by atoms with Gasteiger partial charge in [-0.05, 0) is 13.0 Å². The van der Waals surface area contributed by atoms with E-state index in [1.165, 1.54) is 6.20 Å². The van der Waals surface area contributed by atoms with Crippen LogP contribution in [0.15, 0.2) is 22.9 Å². The number of carbonyl (C=O) groups excluding carboxylic acids is 1. The highest BCUT2D eigenvalue weighted by molar-refractivity contribution is 6.33. The van der Waals surface area contributed by atoms with Crippen molar-refractivity contribution in [2.24, 2.45) is 0 Å². The van der Waals surface area contributed by atoms with Crippen LogP contribution in [0.5, 0.6) is 0 Å². The summed E-state index contributed by atoms with van der Waals surface area (Å²) >= 11 is 6.01. The van der Waals surface area contributed by atoms with Crippen molar-refractivity contribution in [2.45, 2.75) is 26.8 Å². The minimum Gasteiger partial charge on any atom is -0.444 e. The lowest BCUT2D eigenvalue weighted by Crippen LogP contribution is -2.23. The molecule has 0 unspecified atom stereocenters. The fraction of sp³-hybridized carbons (Fsp3) is 0.357. The number of hydrogen-bond acceptors (Lipinski definition) is 5. The molecule has 0 saturated heterocycles. The van der Waals surface area contributed by atoms with E-state index in [0.717, 1.165) is 12.2 Å². The van der Waals surface area contributed by atoms with Crippen molar-refractivity contribution in [3.63, 3.8) is 0 Å². The Morgan fingerprint density at radius 1 is 1.33 bits per heavy atom. The topological polar surface area (TPSA) is 80.0 Å². The number of nitrogens with zero attached hydrogens (tertiary/aromatic N) is 2. The minimum atomic E-state index is -0.294. The molecule has 0 bridgehead atoms. The van der Waals surface area contributed by atoms with Gasteiger partial charge < -0.3 is 15.1 Å². The summed E-state index contributed by atoms with van der Waals surface area (Å²) in [7, 11) is 0. The van der Waals surface area contributed by atoms with Crippen LogP contribution in [-0.4, -0.2) is 22.4 Å². The molecule has 0 aliphatic heterocycles. The van der Waals surface area contributed by atoms with E-state index in [2.05, 4.69) is 20.6 Å². The maximum Gasteiger partial charge on any atom is 0.253 e. The summed E-state index contributed by atoms with van der Waals surface area (Å²) in [5.41, 5.74) is 0.366. The van der Waals surface area contributed by atoms with E-state index in [1.54, 1.807) is 12.3 Å². The van der Waals surface area contributed by atoms with Gasteiger partial charge in [-0.3, -0.25) is 4.79 Å². The Morgan fingerprint density at radius 2 is 2.14 bits per heavy atom. The summed E-state index contributed by atoms with van der Waals surface area (Å²) < 4.78 is 5.43. The van der Waals surface area contributed by atoms with Crippen LogP contribution >= 0.6 is 11.6 Å². The summed E-state index contributed by atoms with van der Waals surface area (Å²) in [5.74, 6) is 1.57. The van der Waals surface area contributed by atoms with E-state index in [0.29, 0.717) is 28.8 Å². The summed E-state index contributed by atoms with van der Waals surface area (Å²) in [4.78, 5) is 20.3. The molecule has 112 valence electrons. The standard InChI is InChI=1S/C14H17ClN4O2/c1-3-9-6-18-13(21-9)8-19-14(20)10-5-12(16-4-2)17-7-11(10)15/h5-7H,3-4,8H2,1-2H3,(H,16,17)(H,19,20). The van der Waals surface area contributed by atoms with E-state index in [-0.39, 0.29) is 12.5 Å². The Kier molecular flexibility index (Phi) is 5.16. The number of anilines is 1. The van der Waals surface area contributed by atoms with Crippen LogP contribution in [0.3, 0.4) is 0 Å². The summed E-state index contributed by atoms with van der Waals surface area (Å²) in [6, 6.07) is 1.62. The quantitative estimate of drug-likeness (QED) is 0.857. The number of nitrogens with one attached hydrogen (secondary N) is 2. The number of pyridine rings is 1. The van der Waals surface area contributed by atoms with Crippen molar-refractivity contribution >= 4 is 23.3 Å². The maximum absolute atomic E-state index is 12.2. The molecule has 6 nitrogen and oxygen atoms in total. The van der Waals surface area contributed by atoms with Gasteiger partial charge in [-0.1, -0.05) is 18.5 Å². The Labute approximate surface area is 127 Å². The van der Waals surface area contributed by atoms with Crippen molar-refractivity contribution < 1.29 is 9.21 Å². The molecule has 2 heterocycles. The molecule has 2 N–H and O–H groups in total. The number of carbonyl (C=O) groups is 1. The van der Waals surface area contributed by atoms with Gasteiger partial charge in [0.1, 0.15) is 11.6 Å². The molecule has 0 aromatic carbocycles. The van der Waals surface area contributed by atoms with Gasteiger partial charge in [-0.15, -0.1) is 0 Å². The third-order valence-electron chi connectivity index (χ3n) is 2.81. The second kappa shape index (κ2) is 7.08. The fourth-order valence-corrected chi connectivity index (χ4v) is 1.92. The predicted octanol–water partition coefficient (Wildman–Crippen LogP) is 2.65. The molecule has 2 aromatic rings. The zero-order valence-corrected chi connectivity index (χ0v) is 12.7. The van der Waals surface area contributed by atoms with Crippen LogP contribution in [0.25, 0.3) is 0 Å². The minimum absolute atomic E-state index is 0.216. The van der Waals surface area contributed by atoms with Crippen LogP contribution < -0.4 is 10.6 Å². The molecule has 7 heteroatoms. The first-order valence-electron chi connectivity index (χ1n) is 6.75. The highest BCUT2D eigenvalue weighted by atomic mass is 35.5. The lowest BCUT2D eigenvalue weighted by atomic mass is 10.2. The van der Waals surface area contributed by atoms with Crippen molar-refractivity contribution in [2.75, 3.05) is 11.9 Å². The molecule has 0 radical (unpaired) electrons. The second-order valence-corrected chi connectivity index (χ2v) is 4.74. The fourth-order valence-electron chi connectivity index (χ4n) is 1.73. The molecule has 0 fully saturated rings. The van der Waals surface area contributed by atoms with Crippen LogP contribution in [0.1, 0.15) is 35.9 Å². The number of aryl methyl sites for hydroxylation is 1. The highest BCUT2D eigenvalue weighted by Crippen LogP contribution is 2.18. The van der Waals surface area contributed by atoms with Gasteiger partial charge >= 0.3 is 0 Å². The number of halogens is 1. The van der Waals surface area contributed by atoms with Crippen molar-refractivity contribution in [3.8, 4) is 0 Å². The van der Waals surface area contributed by atoms with Gasteiger partial charge in [-0.2, -0.15) is 0 Å². The number of rotatable bonds is 6. The predicted molar refractivity (Wildman–Crippen MR) is 80.5 cm³/mol. The average Bonchev–Trinajstić information content (AvgIpc) is 2.95. The Morgan fingerprint density at radius 3 is 2.81 bits per heavy atom. The van der Waals surface area contributed by atoms with Gasteiger partial charge in [0, 0.05) is 19.2 Å². The second-order valence-electron chi connectivity index (χ2n) is 4.34. The molecule has 2 aromatic heterocycles. The Hall–Kier alpha value is -2.08. The number of amides is 1. The third-order valence-corrected chi connectivity index (χ3v) is 3.11. The van der Waals surface area contributed by atoms with Crippen LogP contribution in [0, 0.1) is 0 Å². The first-order valence-corrected chi connectivity index (χ1v) is 7.13. The van der Waals surface area contributed by atoms with Crippen molar-refractivity contribution in [1.29, 1.82) is 0 Å². The zero-order chi connectivity index (χ0) is 15.2. The van der Waals surface area contributed by atoms with E-state index >= 15 is 0 Å². The number of oxazole rings is 1. The maximum atomic E-state index is 12.2. The van der Waals surface area contributed by atoms with E-state index in [1.807, 2.05) is 13.8 Å². The summed E-state index contributed by atoms with van der Waals surface area (Å²) in [6.07, 6.45) is 3.88. The molecule has 0 aliphatic rings. The van der Waals surface area contributed by atoms with Crippen LogP contribution in [0.2, 0.25) is 5.02 Å². The van der Waals surface area contributed by atoms with Crippen molar-refractivity contribution in [1.82, 2.24) is 15.3 Å². The SMILES string of the molecule is CCNc1cc(C(=O)NCc2ncc(CC)o2)c(Cl)cn1. The van der Waals surface area contributed by atoms with Crippen molar-refractivity contribution in [3.05, 3.63) is 40.7 Å². The largest absolute Gasteiger partial charge is 0.444 e. The molecular weight excluding hydrogens is 292 g/mol. The molecule has 0 spiro atoms. The molecule has 0 aliphatic carbocycles. The van der Waals surface area contributed by atoms with Gasteiger partial charge in [-0.25, -0.2) is 9.97 Å². The van der Waals surface area contributed by atoms with Crippen LogP contribution in [0.4, 0.5) is 5.82 Å². The molecular formula is C14H17ClN4O2. The van der Waals surface area contributed by atoms with Crippen LogP contribution in [-0.2, 0) is 13.0 Å². The molecule has 0 saturated carbocycles. The molecule has 2 rings (SSSR count). The average molecular weight is 309 g/mol. The molecule has 0 atom stereocenters. The third kappa shape index (κ3) is 3.95. The Balaban J connectivity index is 2.03. The molecule has 1 amide bonds. The number of hydrogen-bond donors (Lipinski definition) is 2. The monoisotopic (exact) mass is 308 g/mol. The summed E-state index contributed by atoms with van der Waals surface area (Å²) in [5, 5.41) is 6.06. The van der Waals surface area contributed by atoms with Gasteiger partial charge in [0.05, 0.1) is 23.3 Å². The van der Waals surface area contributed by atoms with E-state index in [9.17, 15) is 4.79 Å². The lowest BCUT2D eigenvalue weighted by Gasteiger charge is -2.07. The van der Waals surface area contributed by atoms with Gasteiger partial charge in [0.2, 0.25) is 5.89 Å². The highest BCUT2D eigenvalue weighted by Gasteiger charge is 2.13. The van der Waals surface area contributed by atoms with E-state index < -0.39 is 0 Å².